The van der Waals surface area contributed by atoms with E-state index in [9.17, 15) is 24.2 Å². The number of ether oxygens (including phenoxy) is 2. The molecule has 1 aromatic heterocycles. The van der Waals surface area contributed by atoms with Crippen molar-refractivity contribution in [2.45, 2.75) is 175 Å². The summed E-state index contributed by atoms with van der Waals surface area (Å²) in [6.45, 7) is 7.70. The topological polar surface area (TPSA) is 168 Å². The van der Waals surface area contributed by atoms with Gasteiger partial charge in [-0.1, -0.05) is 108 Å². The van der Waals surface area contributed by atoms with Crippen LogP contribution in [0, 0.1) is 13.8 Å². The van der Waals surface area contributed by atoms with Gasteiger partial charge in [0.2, 0.25) is 0 Å². The van der Waals surface area contributed by atoms with E-state index >= 15 is 0 Å². The molecule has 0 saturated carbocycles. The molecule has 316 valence electrons. The number of unbranched alkanes of at least 4 members (excludes halogenated alkanes) is 12. The van der Waals surface area contributed by atoms with E-state index in [4.69, 9.17) is 28.7 Å². The van der Waals surface area contributed by atoms with Gasteiger partial charge in [0.05, 0.1) is 19.3 Å². The minimum absolute atomic E-state index is 0.0331. The van der Waals surface area contributed by atoms with Gasteiger partial charge in [-0.2, -0.15) is 0 Å². The number of rotatable bonds is 35. The van der Waals surface area contributed by atoms with Crippen LogP contribution in [0.2, 0.25) is 0 Å². The largest absolute Gasteiger partial charge is 0.472 e. The van der Waals surface area contributed by atoms with E-state index in [1.807, 2.05) is 24.3 Å². The number of aryl methyl sites for hydroxylation is 2. The molecule has 0 spiro atoms. The molecular weight excluding hydrogens is 721 g/mol. The molecule has 0 aliphatic rings. The van der Waals surface area contributed by atoms with Gasteiger partial charge in [0.1, 0.15) is 18.1 Å². The lowest BCUT2D eigenvalue weighted by molar-refractivity contribution is -0.161. The molecule has 0 radical (unpaired) electrons. The van der Waals surface area contributed by atoms with Crippen molar-refractivity contribution in [2.75, 3.05) is 26.4 Å². The maximum Gasteiger partial charge on any atom is 0.472 e. The third-order valence-corrected chi connectivity index (χ3v) is 10.3. The first-order valence-corrected chi connectivity index (χ1v) is 22.4. The number of phosphoric acid groups is 1. The van der Waals surface area contributed by atoms with Crippen LogP contribution in [0.5, 0.6) is 0 Å². The Morgan fingerprint density at radius 3 is 2.00 bits per heavy atom. The van der Waals surface area contributed by atoms with Crippen molar-refractivity contribution in [3.63, 3.8) is 0 Å². The monoisotopic (exact) mass is 796 g/mol. The molecule has 0 amide bonds. The van der Waals surface area contributed by atoms with Crippen LogP contribution >= 0.6 is 7.82 Å². The van der Waals surface area contributed by atoms with E-state index in [2.05, 4.69) is 33.8 Å². The van der Waals surface area contributed by atoms with E-state index in [0.29, 0.717) is 19.3 Å². The van der Waals surface area contributed by atoms with Gasteiger partial charge in [-0.05, 0) is 76.3 Å². The lowest BCUT2D eigenvalue weighted by Gasteiger charge is -2.19. The highest BCUT2D eigenvalue weighted by molar-refractivity contribution is 7.47. The standard InChI is InChI=1S/C43H74NO10P/c1-5-7-20-26-38(45)27-22-16-12-10-9-11-13-18-24-30-42(46)50-34-39(35-52-55(48,49)51-33-32-44)53-43(47)31-25-19-15-14-17-23-29-41-37(4)36(3)40(54-41)28-21-8-6-2/h7,12,16,20,22,27,38-39,45H,5-6,8-11,13-15,17-19,21,23-26,28-35,44H2,1-4H3,(H,48,49)/b16-12+,20-7+,27-22+/t38?,39-/m1/s1. The van der Waals surface area contributed by atoms with Gasteiger partial charge in [0.15, 0.2) is 6.10 Å². The normalized spacial score (nSPS) is 14.2. The van der Waals surface area contributed by atoms with Gasteiger partial charge in [-0.3, -0.25) is 18.6 Å². The first-order valence-electron chi connectivity index (χ1n) is 20.9. The second-order valence-electron chi connectivity index (χ2n) is 14.3. The van der Waals surface area contributed by atoms with Crippen LogP contribution < -0.4 is 5.73 Å². The van der Waals surface area contributed by atoms with Gasteiger partial charge in [-0.15, -0.1) is 0 Å². The molecule has 0 fully saturated rings. The number of aliphatic hydroxyl groups is 1. The molecule has 4 N–H and O–H groups in total. The number of hydrogen-bond acceptors (Lipinski definition) is 10. The maximum atomic E-state index is 12.6. The summed E-state index contributed by atoms with van der Waals surface area (Å²) in [6, 6.07) is 0. The predicted octanol–water partition coefficient (Wildman–Crippen LogP) is 10.0. The fraction of sp³-hybridized carbons (Fsp3) is 0.721. The van der Waals surface area contributed by atoms with Crippen molar-refractivity contribution < 1.29 is 47.1 Å². The van der Waals surface area contributed by atoms with Gasteiger partial charge in [0, 0.05) is 32.2 Å². The molecular formula is C43H74NO10P. The van der Waals surface area contributed by atoms with E-state index in [0.717, 1.165) is 95.0 Å². The molecule has 1 heterocycles. The van der Waals surface area contributed by atoms with Crippen LogP contribution in [0.25, 0.3) is 0 Å². The first-order chi connectivity index (χ1) is 26.5. The Balaban J connectivity index is 2.33. The van der Waals surface area contributed by atoms with Crippen LogP contribution in [0.15, 0.2) is 40.9 Å². The average Bonchev–Trinajstić information content (AvgIpc) is 3.43. The molecule has 0 saturated heterocycles. The summed E-state index contributed by atoms with van der Waals surface area (Å²) in [5, 5.41) is 9.86. The molecule has 0 aliphatic heterocycles. The molecule has 0 aromatic carbocycles. The number of furan rings is 1. The zero-order chi connectivity index (χ0) is 40.6. The van der Waals surface area contributed by atoms with E-state index in [-0.39, 0.29) is 32.6 Å². The maximum absolute atomic E-state index is 12.6. The minimum atomic E-state index is -4.41. The number of hydrogen-bond donors (Lipinski definition) is 3. The van der Waals surface area contributed by atoms with Crippen molar-refractivity contribution in [2.24, 2.45) is 5.73 Å². The fourth-order valence-corrected chi connectivity index (χ4v) is 6.67. The minimum Gasteiger partial charge on any atom is -0.466 e. The number of carbonyl (C=O) groups is 2. The van der Waals surface area contributed by atoms with Crippen LogP contribution in [0.1, 0.15) is 158 Å². The van der Waals surface area contributed by atoms with E-state index in [1.54, 1.807) is 6.08 Å². The Labute approximate surface area is 332 Å². The Morgan fingerprint density at radius 2 is 1.36 bits per heavy atom. The van der Waals surface area contributed by atoms with Crippen LogP contribution in [0.4, 0.5) is 0 Å². The quantitative estimate of drug-likeness (QED) is 0.0197. The summed E-state index contributed by atoms with van der Waals surface area (Å²) in [6.07, 6.45) is 29.1. The molecule has 12 heteroatoms. The van der Waals surface area contributed by atoms with Gasteiger partial charge in [0.25, 0.3) is 0 Å². The summed E-state index contributed by atoms with van der Waals surface area (Å²) in [5.41, 5.74) is 7.93. The molecule has 11 nitrogen and oxygen atoms in total. The molecule has 0 bridgehead atoms. The zero-order valence-electron chi connectivity index (χ0n) is 34.5. The number of esters is 2. The highest BCUT2D eigenvalue weighted by Crippen LogP contribution is 2.43. The molecule has 2 unspecified atom stereocenters. The fourth-order valence-electron chi connectivity index (χ4n) is 5.91. The van der Waals surface area contributed by atoms with Crippen molar-refractivity contribution in [3.05, 3.63) is 59.1 Å². The van der Waals surface area contributed by atoms with Crippen LogP contribution in [0.3, 0.4) is 0 Å². The van der Waals surface area contributed by atoms with Crippen molar-refractivity contribution >= 4 is 19.8 Å². The predicted molar refractivity (Wildman–Crippen MR) is 220 cm³/mol. The third kappa shape index (κ3) is 26.9. The molecule has 1 rings (SSSR count). The molecule has 3 atom stereocenters. The number of allylic oxidation sites excluding steroid dienone is 4. The lowest BCUT2D eigenvalue weighted by Crippen LogP contribution is -2.29. The van der Waals surface area contributed by atoms with Gasteiger partial charge in [-0.25, -0.2) is 4.57 Å². The Morgan fingerprint density at radius 1 is 0.764 bits per heavy atom. The Bertz CT molecular complexity index is 1290. The highest BCUT2D eigenvalue weighted by Gasteiger charge is 2.26. The number of aliphatic hydroxyl groups excluding tert-OH is 1. The van der Waals surface area contributed by atoms with E-state index < -0.39 is 38.6 Å². The van der Waals surface area contributed by atoms with E-state index in [1.165, 1.54) is 30.4 Å². The smallest absolute Gasteiger partial charge is 0.466 e. The number of carbonyl (C=O) groups excluding carboxylic acids is 2. The number of phosphoric ester groups is 1. The first kappa shape index (κ1) is 50.5. The highest BCUT2D eigenvalue weighted by atomic mass is 31.2. The van der Waals surface area contributed by atoms with Crippen molar-refractivity contribution in [1.82, 2.24) is 0 Å². The van der Waals surface area contributed by atoms with Crippen molar-refractivity contribution in [1.29, 1.82) is 0 Å². The van der Waals surface area contributed by atoms with Crippen LogP contribution in [-0.4, -0.2) is 60.5 Å². The molecule has 55 heavy (non-hydrogen) atoms. The van der Waals surface area contributed by atoms with Crippen molar-refractivity contribution in [3.8, 4) is 0 Å². The lowest BCUT2D eigenvalue weighted by atomic mass is 10.0. The third-order valence-electron chi connectivity index (χ3n) is 9.32. The number of nitrogens with two attached hydrogens (primary N) is 1. The SMILES string of the molecule is CC/C=C/CC(O)/C=C/C=C/CCCCCCCC(=O)OC[C@H](COP(=O)(O)OCCN)OC(=O)CCCCCCCCc1oc(CCCCC)c(C)c1C. The zero-order valence-corrected chi connectivity index (χ0v) is 35.4. The summed E-state index contributed by atoms with van der Waals surface area (Å²) in [5.74, 6) is 1.34. The summed E-state index contributed by atoms with van der Waals surface area (Å²) >= 11 is 0. The Hall–Kier alpha value is -2.53. The summed E-state index contributed by atoms with van der Waals surface area (Å²) in [4.78, 5) is 35.0. The van der Waals surface area contributed by atoms with Crippen LogP contribution in [-0.2, 0) is 45.5 Å². The average molecular weight is 796 g/mol. The summed E-state index contributed by atoms with van der Waals surface area (Å²) in [7, 11) is -4.41. The summed E-state index contributed by atoms with van der Waals surface area (Å²) < 4.78 is 39.0. The molecule has 0 aliphatic carbocycles. The second-order valence-corrected chi connectivity index (χ2v) is 15.7. The van der Waals surface area contributed by atoms with Gasteiger partial charge < -0.3 is 29.6 Å². The second kappa shape index (κ2) is 32.5. The Kier molecular flexibility index (Phi) is 29.9. The van der Waals surface area contributed by atoms with Gasteiger partial charge >= 0.3 is 19.8 Å². The molecule has 1 aromatic rings.